The van der Waals surface area contributed by atoms with Crippen LogP contribution in [0, 0.1) is 5.92 Å². The number of hydrazine groups is 1. The standard InChI is InChI=1S/C14H19N5/c1-2-4-6-10(5-3-1)12-13-11-7-8-15-14(11)16-9-19(13)18-17-12/h7-10,12,17-18H,1-6H2. The van der Waals surface area contributed by atoms with Gasteiger partial charge in [-0.3, -0.25) is 5.53 Å². The van der Waals surface area contributed by atoms with Crippen LogP contribution in [0.2, 0.25) is 0 Å². The molecule has 1 unspecified atom stereocenters. The Bertz CT molecular complexity index is 541. The minimum atomic E-state index is 0.382. The molecule has 0 aromatic heterocycles. The molecule has 0 bridgehead atoms. The normalized spacial score (nSPS) is 24.1. The van der Waals surface area contributed by atoms with Gasteiger partial charge in [0.2, 0.25) is 0 Å². The van der Waals surface area contributed by atoms with Gasteiger partial charge in [0.05, 0.1) is 11.7 Å². The number of aromatic nitrogens is 3. The Hall–Kier alpha value is -1.62. The van der Waals surface area contributed by atoms with Crippen LogP contribution >= 0.6 is 0 Å². The molecule has 0 aromatic carbocycles. The topological polar surface area (TPSA) is 54.8 Å². The molecule has 0 amide bonds. The number of fused-ring (bicyclic) bond motifs is 3. The van der Waals surface area contributed by atoms with Crippen molar-refractivity contribution >= 4 is 0 Å². The predicted molar refractivity (Wildman–Crippen MR) is 73.1 cm³/mol. The van der Waals surface area contributed by atoms with E-state index in [2.05, 4.69) is 27.0 Å². The zero-order valence-electron chi connectivity index (χ0n) is 11.0. The summed E-state index contributed by atoms with van der Waals surface area (Å²) in [6.45, 7) is 0. The van der Waals surface area contributed by atoms with Gasteiger partial charge in [0, 0.05) is 11.8 Å². The summed E-state index contributed by atoms with van der Waals surface area (Å²) in [5.74, 6) is 1.57. The molecule has 5 nitrogen and oxygen atoms in total. The van der Waals surface area contributed by atoms with Crippen molar-refractivity contribution < 1.29 is 0 Å². The van der Waals surface area contributed by atoms with Crippen LogP contribution in [-0.2, 0) is 0 Å². The second-order valence-corrected chi connectivity index (χ2v) is 5.67. The van der Waals surface area contributed by atoms with E-state index in [-0.39, 0.29) is 0 Å². The van der Waals surface area contributed by atoms with E-state index in [1.165, 1.54) is 49.8 Å². The maximum Gasteiger partial charge on any atom is 0.162 e. The Balaban J connectivity index is 1.72. The summed E-state index contributed by atoms with van der Waals surface area (Å²) in [5, 5.41) is 0. The third-order valence-corrected chi connectivity index (χ3v) is 4.52. The summed E-state index contributed by atoms with van der Waals surface area (Å²) in [5.41, 5.74) is 9.15. The Morgan fingerprint density at radius 1 is 1.11 bits per heavy atom. The maximum absolute atomic E-state index is 4.36. The molecule has 1 saturated carbocycles. The van der Waals surface area contributed by atoms with Gasteiger partial charge in [0.25, 0.3) is 0 Å². The highest BCUT2D eigenvalue weighted by molar-refractivity contribution is 5.61. The van der Waals surface area contributed by atoms with Gasteiger partial charge >= 0.3 is 0 Å². The van der Waals surface area contributed by atoms with Gasteiger partial charge in [-0.25, -0.2) is 20.1 Å². The average molecular weight is 257 g/mol. The first-order valence-corrected chi connectivity index (χ1v) is 7.27. The lowest BCUT2D eigenvalue weighted by atomic mass is 9.88. The lowest BCUT2D eigenvalue weighted by Crippen LogP contribution is -2.27. The van der Waals surface area contributed by atoms with Crippen molar-refractivity contribution in [3.63, 3.8) is 0 Å². The molecule has 0 aromatic rings. The molecule has 4 aliphatic rings. The van der Waals surface area contributed by atoms with Crippen LogP contribution in [0.25, 0.3) is 11.4 Å². The van der Waals surface area contributed by atoms with Gasteiger partial charge in [-0.15, -0.1) is 0 Å². The van der Waals surface area contributed by atoms with Crippen LogP contribution in [0.1, 0.15) is 50.3 Å². The quantitative estimate of drug-likeness (QED) is 0.771. The lowest BCUT2D eigenvalue weighted by Gasteiger charge is -2.22. The SMILES string of the molecule is c1cc2c3n(cnc-2n1)NNC3C1CCCCCC1. The highest BCUT2D eigenvalue weighted by Gasteiger charge is 2.33. The molecule has 3 heterocycles. The van der Waals surface area contributed by atoms with Crippen molar-refractivity contribution in [2.45, 2.75) is 44.6 Å². The minimum absolute atomic E-state index is 0.382. The van der Waals surface area contributed by atoms with Crippen molar-refractivity contribution in [1.29, 1.82) is 0 Å². The third-order valence-electron chi connectivity index (χ3n) is 4.52. The highest BCUT2D eigenvalue weighted by Crippen LogP contribution is 2.38. The minimum Gasteiger partial charge on any atom is -0.257 e. The number of hydrogen-bond acceptors (Lipinski definition) is 4. The van der Waals surface area contributed by atoms with E-state index < -0.39 is 0 Å². The summed E-state index contributed by atoms with van der Waals surface area (Å²) in [6.07, 6.45) is 11.8. The van der Waals surface area contributed by atoms with Gasteiger partial charge in [-0.1, -0.05) is 25.7 Å². The molecule has 4 rings (SSSR count). The molecular weight excluding hydrogens is 238 g/mol. The summed E-state index contributed by atoms with van der Waals surface area (Å²) in [4.78, 5) is 8.67. The van der Waals surface area contributed by atoms with E-state index in [1.54, 1.807) is 0 Å². The van der Waals surface area contributed by atoms with Crippen LogP contribution in [0.3, 0.4) is 0 Å². The number of rotatable bonds is 1. The smallest absolute Gasteiger partial charge is 0.162 e. The molecule has 0 spiro atoms. The van der Waals surface area contributed by atoms with Gasteiger partial charge in [-0.2, -0.15) is 0 Å². The summed E-state index contributed by atoms with van der Waals surface area (Å²) < 4.78 is 2.01. The Labute approximate surface area is 112 Å². The van der Waals surface area contributed by atoms with Crippen molar-refractivity contribution in [3.05, 3.63) is 24.3 Å². The molecule has 19 heavy (non-hydrogen) atoms. The summed E-state index contributed by atoms with van der Waals surface area (Å²) in [7, 11) is 0. The van der Waals surface area contributed by atoms with E-state index in [0.29, 0.717) is 12.0 Å². The molecule has 0 radical (unpaired) electrons. The fourth-order valence-electron chi connectivity index (χ4n) is 3.53. The van der Waals surface area contributed by atoms with Crippen molar-refractivity contribution in [2.75, 3.05) is 5.53 Å². The molecule has 100 valence electrons. The zero-order chi connectivity index (χ0) is 12.7. The van der Waals surface area contributed by atoms with Crippen LogP contribution in [0.4, 0.5) is 0 Å². The predicted octanol–water partition coefficient (Wildman–Crippen LogP) is 2.46. The first-order valence-electron chi connectivity index (χ1n) is 7.27. The van der Waals surface area contributed by atoms with Crippen molar-refractivity contribution in [1.82, 2.24) is 20.1 Å². The Morgan fingerprint density at radius 2 is 1.95 bits per heavy atom. The van der Waals surface area contributed by atoms with E-state index in [9.17, 15) is 0 Å². The van der Waals surface area contributed by atoms with Gasteiger partial charge in [0.15, 0.2) is 5.82 Å². The zero-order valence-corrected chi connectivity index (χ0v) is 11.0. The molecule has 3 aliphatic heterocycles. The number of nitrogens with zero attached hydrogens (tertiary/aromatic N) is 3. The molecule has 5 heteroatoms. The first kappa shape index (κ1) is 11.2. The van der Waals surface area contributed by atoms with E-state index >= 15 is 0 Å². The van der Waals surface area contributed by atoms with Crippen LogP contribution in [0.15, 0.2) is 18.6 Å². The molecule has 1 aliphatic carbocycles. The average Bonchev–Trinajstić information content (AvgIpc) is 2.98. The monoisotopic (exact) mass is 257 g/mol. The Morgan fingerprint density at radius 3 is 2.79 bits per heavy atom. The molecule has 0 saturated heterocycles. The van der Waals surface area contributed by atoms with Gasteiger partial charge in [-0.05, 0) is 24.8 Å². The highest BCUT2D eigenvalue weighted by atomic mass is 15.7. The van der Waals surface area contributed by atoms with E-state index in [0.717, 1.165) is 5.82 Å². The number of hydrogen-bond donors (Lipinski definition) is 2. The van der Waals surface area contributed by atoms with Crippen molar-refractivity contribution in [2.24, 2.45) is 5.92 Å². The molecular formula is C14H19N5. The Kier molecular flexibility index (Phi) is 2.65. The van der Waals surface area contributed by atoms with Crippen LogP contribution in [0.5, 0.6) is 0 Å². The van der Waals surface area contributed by atoms with E-state index in [4.69, 9.17) is 0 Å². The van der Waals surface area contributed by atoms with Crippen molar-refractivity contribution in [3.8, 4) is 11.4 Å². The molecule has 1 fully saturated rings. The third kappa shape index (κ3) is 1.80. The summed E-state index contributed by atoms with van der Waals surface area (Å²) >= 11 is 0. The fraction of sp³-hybridized carbons (Fsp3) is 0.571. The maximum atomic E-state index is 4.36. The summed E-state index contributed by atoms with van der Waals surface area (Å²) in [6, 6.07) is 2.46. The lowest BCUT2D eigenvalue weighted by molar-refractivity contribution is 0.353. The van der Waals surface area contributed by atoms with Gasteiger partial charge in [0.1, 0.15) is 6.33 Å². The largest absolute Gasteiger partial charge is 0.257 e. The van der Waals surface area contributed by atoms with Crippen LogP contribution in [-0.4, -0.2) is 14.6 Å². The molecule has 2 N–H and O–H groups in total. The first-order chi connectivity index (χ1) is 9.43. The second kappa shape index (κ2) is 4.49. The number of nitrogens with one attached hydrogen (secondary N) is 2. The van der Waals surface area contributed by atoms with Gasteiger partial charge < -0.3 is 0 Å². The van der Waals surface area contributed by atoms with Crippen LogP contribution < -0.4 is 11.0 Å². The molecule has 1 atom stereocenters. The fourth-order valence-corrected chi connectivity index (χ4v) is 3.53. The van der Waals surface area contributed by atoms with E-state index in [1.807, 2.05) is 17.2 Å². The second-order valence-electron chi connectivity index (χ2n) is 5.67.